The fourth-order valence-electron chi connectivity index (χ4n) is 3.55. The molecular weight excluding hydrogens is 360 g/mol. The third kappa shape index (κ3) is 5.14. The summed E-state index contributed by atoms with van der Waals surface area (Å²) in [5.74, 6) is 0.316. The highest BCUT2D eigenvalue weighted by Gasteiger charge is 2.32. The highest BCUT2D eigenvalue weighted by atomic mass is 32.1. The zero-order chi connectivity index (χ0) is 19.2. The number of benzene rings is 1. The molecule has 2 atom stereocenters. The van der Waals surface area contributed by atoms with Gasteiger partial charge in [-0.3, -0.25) is 9.59 Å². The number of amides is 2. The quantitative estimate of drug-likeness (QED) is 0.682. The maximum Gasteiger partial charge on any atom is 0.229 e. The van der Waals surface area contributed by atoms with E-state index >= 15 is 0 Å². The minimum Gasteiger partial charge on any atom is -0.356 e. The number of nitrogens with two attached hydrogens (primary N) is 1. The molecule has 6 nitrogen and oxygen atoms in total. The van der Waals surface area contributed by atoms with E-state index in [0.717, 1.165) is 42.5 Å². The monoisotopic (exact) mass is 386 g/mol. The Balaban J connectivity index is 1.58. The van der Waals surface area contributed by atoms with Crippen molar-refractivity contribution in [3.05, 3.63) is 35.2 Å². The van der Waals surface area contributed by atoms with Crippen LogP contribution in [-0.2, 0) is 16.0 Å². The van der Waals surface area contributed by atoms with Gasteiger partial charge in [0.15, 0.2) is 5.13 Å². The second-order valence-corrected chi connectivity index (χ2v) is 7.85. The second-order valence-electron chi connectivity index (χ2n) is 6.99. The zero-order valence-electron chi connectivity index (χ0n) is 15.5. The Labute approximate surface area is 163 Å². The van der Waals surface area contributed by atoms with Gasteiger partial charge in [0.2, 0.25) is 11.8 Å². The third-order valence-electron chi connectivity index (χ3n) is 5.07. The van der Waals surface area contributed by atoms with Crippen LogP contribution in [0.15, 0.2) is 29.6 Å². The normalized spacial score (nSPS) is 19.0. The van der Waals surface area contributed by atoms with Crippen molar-refractivity contribution in [2.24, 2.45) is 17.6 Å². The van der Waals surface area contributed by atoms with E-state index < -0.39 is 0 Å². The van der Waals surface area contributed by atoms with Gasteiger partial charge in [-0.15, -0.1) is 11.3 Å². The number of nitrogens with one attached hydrogen (secondary N) is 2. The van der Waals surface area contributed by atoms with Crippen molar-refractivity contribution in [1.82, 2.24) is 10.3 Å². The van der Waals surface area contributed by atoms with Crippen LogP contribution < -0.4 is 16.4 Å². The molecule has 1 aromatic heterocycles. The summed E-state index contributed by atoms with van der Waals surface area (Å²) in [4.78, 5) is 28.0. The van der Waals surface area contributed by atoms with E-state index in [1.54, 1.807) is 0 Å². The Morgan fingerprint density at radius 2 is 2.04 bits per heavy atom. The van der Waals surface area contributed by atoms with Gasteiger partial charge in [-0.25, -0.2) is 4.98 Å². The molecule has 0 bridgehead atoms. The largest absolute Gasteiger partial charge is 0.356 e. The average molecular weight is 387 g/mol. The van der Waals surface area contributed by atoms with E-state index in [9.17, 15) is 9.59 Å². The van der Waals surface area contributed by atoms with Crippen LogP contribution in [-0.4, -0.2) is 29.9 Å². The van der Waals surface area contributed by atoms with E-state index in [4.69, 9.17) is 5.73 Å². The lowest BCUT2D eigenvalue weighted by atomic mass is 9.95. The number of carbonyl (C=O) groups is 2. The summed E-state index contributed by atoms with van der Waals surface area (Å²) in [5.41, 5.74) is 8.80. The highest BCUT2D eigenvalue weighted by molar-refractivity contribution is 7.14. The molecule has 27 heavy (non-hydrogen) atoms. The number of nitrogens with zero attached hydrogens (tertiary/aromatic N) is 1. The summed E-state index contributed by atoms with van der Waals surface area (Å²) in [6.45, 7) is 2.71. The van der Waals surface area contributed by atoms with Crippen LogP contribution in [0.2, 0.25) is 0 Å². The smallest absolute Gasteiger partial charge is 0.229 e. The van der Waals surface area contributed by atoms with Gasteiger partial charge in [0.05, 0.1) is 5.69 Å². The van der Waals surface area contributed by atoms with Gasteiger partial charge >= 0.3 is 0 Å². The summed E-state index contributed by atoms with van der Waals surface area (Å²) in [6, 6.07) is 8.12. The van der Waals surface area contributed by atoms with Crippen molar-refractivity contribution >= 4 is 28.3 Å². The predicted molar refractivity (Wildman–Crippen MR) is 108 cm³/mol. The first-order chi connectivity index (χ1) is 13.1. The van der Waals surface area contributed by atoms with Crippen LogP contribution in [0.5, 0.6) is 0 Å². The van der Waals surface area contributed by atoms with Gasteiger partial charge in [-0.05, 0) is 37.3 Å². The van der Waals surface area contributed by atoms with E-state index in [-0.39, 0.29) is 23.7 Å². The van der Waals surface area contributed by atoms with Gasteiger partial charge in [-0.1, -0.05) is 30.7 Å². The Bertz CT molecular complexity index is 788. The SMILES string of the molecule is CC(=O)NCCc1ccc(-c2csc(NC(=O)[C@@H]3CCC[C@@H]3CN)n2)cc1. The van der Waals surface area contributed by atoms with Gasteiger partial charge in [-0.2, -0.15) is 0 Å². The first kappa shape index (κ1) is 19.5. The van der Waals surface area contributed by atoms with Crippen LogP contribution in [0.25, 0.3) is 11.3 Å². The van der Waals surface area contributed by atoms with Crippen molar-refractivity contribution in [2.75, 3.05) is 18.4 Å². The van der Waals surface area contributed by atoms with Gasteiger partial charge in [0.1, 0.15) is 0 Å². The minimum absolute atomic E-state index is 0.00486. The fourth-order valence-corrected chi connectivity index (χ4v) is 4.27. The molecule has 2 aromatic rings. The zero-order valence-corrected chi connectivity index (χ0v) is 16.3. The number of rotatable bonds is 7. The standard InChI is InChI=1S/C20H26N4O2S/c1-13(25)22-10-9-14-5-7-15(8-6-14)18-12-27-20(23-18)24-19(26)17-4-2-3-16(17)11-21/h5-8,12,16-17H,2-4,9-11,21H2,1H3,(H,22,25)(H,23,24,26)/t16-,17-/m1/s1. The number of carbonyl (C=O) groups excluding carboxylic acids is 2. The van der Waals surface area contributed by atoms with Gasteiger partial charge in [0.25, 0.3) is 0 Å². The number of hydrogen-bond donors (Lipinski definition) is 3. The summed E-state index contributed by atoms with van der Waals surface area (Å²) in [5, 5.41) is 8.34. The molecule has 0 unspecified atom stereocenters. The van der Waals surface area contributed by atoms with Crippen LogP contribution in [0, 0.1) is 11.8 Å². The molecule has 0 saturated heterocycles. The Hall–Kier alpha value is -2.25. The molecule has 2 amide bonds. The van der Waals surface area contributed by atoms with Crippen LogP contribution in [0.1, 0.15) is 31.7 Å². The van der Waals surface area contributed by atoms with Gasteiger partial charge < -0.3 is 16.4 Å². The lowest BCUT2D eigenvalue weighted by molar-refractivity contribution is -0.121. The average Bonchev–Trinajstić information content (AvgIpc) is 3.31. The van der Waals surface area contributed by atoms with Crippen molar-refractivity contribution in [2.45, 2.75) is 32.6 Å². The minimum atomic E-state index is -0.0148. The maximum atomic E-state index is 12.5. The topological polar surface area (TPSA) is 97.1 Å². The molecule has 1 fully saturated rings. The first-order valence-corrected chi connectivity index (χ1v) is 10.2. The Kier molecular flexibility index (Phi) is 6.58. The lowest BCUT2D eigenvalue weighted by Crippen LogP contribution is -2.29. The highest BCUT2D eigenvalue weighted by Crippen LogP contribution is 2.32. The van der Waals surface area contributed by atoms with E-state index in [2.05, 4.69) is 15.6 Å². The predicted octanol–water partition coefficient (Wildman–Crippen LogP) is 2.80. The molecule has 1 aromatic carbocycles. The number of anilines is 1. The van der Waals surface area contributed by atoms with E-state index in [1.165, 1.54) is 18.3 Å². The van der Waals surface area contributed by atoms with Crippen LogP contribution >= 0.6 is 11.3 Å². The third-order valence-corrected chi connectivity index (χ3v) is 5.83. The fraction of sp³-hybridized carbons (Fsp3) is 0.450. The second kappa shape index (κ2) is 9.10. The molecule has 1 aliphatic rings. The number of aromatic nitrogens is 1. The lowest BCUT2D eigenvalue weighted by Gasteiger charge is -2.16. The number of thiazole rings is 1. The molecule has 0 radical (unpaired) electrons. The molecule has 7 heteroatoms. The van der Waals surface area contributed by atoms with E-state index in [0.29, 0.717) is 18.2 Å². The van der Waals surface area contributed by atoms with Crippen molar-refractivity contribution in [1.29, 1.82) is 0 Å². The molecule has 4 N–H and O–H groups in total. The molecule has 3 rings (SSSR count). The summed E-state index contributed by atoms with van der Waals surface area (Å²) in [7, 11) is 0. The summed E-state index contributed by atoms with van der Waals surface area (Å²) < 4.78 is 0. The van der Waals surface area contributed by atoms with E-state index in [1.807, 2.05) is 29.6 Å². The summed E-state index contributed by atoms with van der Waals surface area (Å²) >= 11 is 1.44. The molecular formula is C20H26N4O2S. The molecule has 1 saturated carbocycles. The van der Waals surface area contributed by atoms with Crippen LogP contribution in [0.4, 0.5) is 5.13 Å². The summed E-state index contributed by atoms with van der Waals surface area (Å²) in [6.07, 6.45) is 3.80. The molecule has 144 valence electrons. The maximum absolute atomic E-state index is 12.5. The first-order valence-electron chi connectivity index (χ1n) is 9.37. The van der Waals surface area contributed by atoms with Crippen molar-refractivity contribution in [3.63, 3.8) is 0 Å². The number of hydrogen-bond acceptors (Lipinski definition) is 5. The Morgan fingerprint density at radius 3 is 2.74 bits per heavy atom. The Morgan fingerprint density at radius 1 is 1.26 bits per heavy atom. The van der Waals surface area contributed by atoms with Crippen LogP contribution in [0.3, 0.4) is 0 Å². The van der Waals surface area contributed by atoms with Crippen molar-refractivity contribution < 1.29 is 9.59 Å². The van der Waals surface area contributed by atoms with Gasteiger partial charge in [0, 0.05) is 30.3 Å². The van der Waals surface area contributed by atoms with Crippen molar-refractivity contribution in [3.8, 4) is 11.3 Å². The molecule has 1 aliphatic carbocycles. The molecule has 0 spiro atoms. The molecule has 1 heterocycles. The molecule has 0 aliphatic heterocycles.